The Labute approximate surface area is 120 Å². The Morgan fingerprint density at radius 1 is 1.43 bits per heavy atom. The molecule has 0 saturated carbocycles. The van der Waals surface area contributed by atoms with E-state index >= 15 is 0 Å². The molecule has 1 fully saturated rings. The highest BCUT2D eigenvalue weighted by atomic mass is 19.3. The molecule has 0 aliphatic carbocycles. The van der Waals surface area contributed by atoms with Gasteiger partial charge in [-0.05, 0) is 18.5 Å². The van der Waals surface area contributed by atoms with E-state index in [1.807, 2.05) is 0 Å². The minimum Gasteiger partial charge on any atom is -0.465 e. The van der Waals surface area contributed by atoms with Gasteiger partial charge >= 0.3 is 6.09 Å². The molecule has 0 spiro atoms. The van der Waals surface area contributed by atoms with Gasteiger partial charge in [0.05, 0.1) is 5.56 Å². The first-order chi connectivity index (χ1) is 9.85. The molecule has 2 rings (SSSR count). The summed E-state index contributed by atoms with van der Waals surface area (Å²) in [5.74, 6) is -4.68. The number of benzene rings is 1. The van der Waals surface area contributed by atoms with E-state index in [9.17, 15) is 18.0 Å². The quantitative estimate of drug-likeness (QED) is 0.878. The summed E-state index contributed by atoms with van der Waals surface area (Å²) in [5, 5.41) is 8.67. The second kappa shape index (κ2) is 5.93. The minimum atomic E-state index is -3.32. The largest absolute Gasteiger partial charge is 0.465 e. The molecule has 116 valence electrons. The van der Waals surface area contributed by atoms with E-state index in [4.69, 9.17) is 10.8 Å². The van der Waals surface area contributed by atoms with Gasteiger partial charge in [0.15, 0.2) is 0 Å². The number of amides is 1. The third kappa shape index (κ3) is 3.29. The molecule has 1 saturated heterocycles. The Morgan fingerprint density at radius 3 is 2.67 bits per heavy atom. The highest BCUT2D eigenvalue weighted by molar-refractivity contribution is 5.66. The first-order valence-electron chi connectivity index (χ1n) is 6.68. The lowest BCUT2D eigenvalue weighted by molar-refractivity contribution is -0.0553. The number of halogens is 3. The predicted molar refractivity (Wildman–Crippen MR) is 70.8 cm³/mol. The van der Waals surface area contributed by atoms with Crippen LogP contribution in [0.15, 0.2) is 18.2 Å². The summed E-state index contributed by atoms with van der Waals surface area (Å²) >= 11 is 0. The summed E-state index contributed by atoms with van der Waals surface area (Å²) in [7, 11) is 0. The number of carbonyl (C=O) groups is 1. The lowest BCUT2D eigenvalue weighted by Gasteiger charge is -2.38. The summed E-state index contributed by atoms with van der Waals surface area (Å²) < 4.78 is 42.5. The number of nitrogens with zero attached hydrogens (tertiary/aromatic N) is 1. The number of hydrogen-bond donors (Lipinski definition) is 2. The first-order valence-corrected chi connectivity index (χ1v) is 6.68. The molecule has 1 heterocycles. The summed E-state index contributed by atoms with van der Waals surface area (Å²) in [5.41, 5.74) is 4.87. The van der Waals surface area contributed by atoms with Crippen LogP contribution in [0, 0.1) is 11.7 Å². The maximum absolute atomic E-state index is 14.2. The van der Waals surface area contributed by atoms with Crippen molar-refractivity contribution in [3.05, 3.63) is 35.1 Å². The summed E-state index contributed by atoms with van der Waals surface area (Å²) in [6.45, 7) is 0.312. The van der Waals surface area contributed by atoms with Crippen LogP contribution in [0.25, 0.3) is 0 Å². The van der Waals surface area contributed by atoms with Crippen molar-refractivity contribution in [2.75, 3.05) is 19.6 Å². The van der Waals surface area contributed by atoms with Crippen LogP contribution in [0.1, 0.15) is 17.5 Å². The standard InChI is InChI=1S/C14H17F3N2O2/c15-12-10(4-5-18)2-1-3-11(12)14(16,17)6-9-7-19(8-9)13(20)21/h1-3,9H,4-8,18H2,(H,20,21). The van der Waals surface area contributed by atoms with E-state index in [2.05, 4.69) is 0 Å². The van der Waals surface area contributed by atoms with E-state index in [1.54, 1.807) is 0 Å². The van der Waals surface area contributed by atoms with Crippen molar-refractivity contribution >= 4 is 6.09 Å². The molecule has 1 aromatic carbocycles. The molecule has 0 bridgehead atoms. The number of alkyl halides is 2. The van der Waals surface area contributed by atoms with Crippen LogP contribution >= 0.6 is 0 Å². The maximum atomic E-state index is 14.2. The number of likely N-dealkylation sites (tertiary alicyclic amines) is 1. The topological polar surface area (TPSA) is 66.6 Å². The van der Waals surface area contributed by atoms with Crippen LogP contribution in [-0.2, 0) is 12.3 Å². The average molecular weight is 302 g/mol. The molecular weight excluding hydrogens is 285 g/mol. The van der Waals surface area contributed by atoms with Crippen LogP contribution in [0.2, 0.25) is 0 Å². The smallest absolute Gasteiger partial charge is 0.407 e. The van der Waals surface area contributed by atoms with Gasteiger partial charge in [0, 0.05) is 25.4 Å². The van der Waals surface area contributed by atoms with Gasteiger partial charge in [0.1, 0.15) is 5.82 Å². The third-order valence-electron chi connectivity index (χ3n) is 3.66. The Hall–Kier alpha value is -1.76. The molecule has 0 unspecified atom stereocenters. The van der Waals surface area contributed by atoms with Crippen LogP contribution in [0.4, 0.5) is 18.0 Å². The molecule has 1 aliphatic heterocycles. The Kier molecular flexibility index (Phi) is 4.41. The highest BCUT2D eigenvalue weighted by Crippen LogP contribution is 2.39. The van der Waals surface area contributed by atoms with E-state index in [1.165, 1.54) is 12.1 Å². The fourth-order valence-corrected chi connectivity index (χ4v) is 2.54. The number of rotatable bonds is 5. The van der Waals surface area contributed by atoms with E-state index < -0.39 is 35.7 Å². The third-order valence-corrected chi connectivity index (χ3v) is 3.66. The Morgan fingerprint density at radius 2 is 2.10 bits per heavy atom. The predicted octanol–water partition coefficient (Wildman–Crippen LogP) is 2.42. The second-order valence-corrected chi connectivity index (χ2v) is 5.28. The Bertz CT molecular complexity index is 531. The zero-order valence-electron chi connectivity index (χ0n) is 11.4. The molecule has 1 aliphatic rings. The molecule has 7 heteroatoms. The van der Waals surface area contributed by atoms with Crippen molar-refractivity contribution in [1.29, 1.82) is 0 Å². The molecule has 0 atom stereocenters. The molecule has 0 radical (unpaired) electrons. The van der Waals surface area contributed by atoms with Crippen molar-refractivity contribution in [3.8, 4) is 0 Å². The van der Waals surface area contributed by atoms with Crippen LogP contribution in [0.3, 0.4) is 0 Å². The molecule has 1 amide bonds. The van der Waals surface area contributed by atoms with Crippen LogP contribution < -0.4 is 5.73 Å². The normalized spacial score (nSPS) is 15.9. The molecule has 1 aromatic rings. The van der Waals surface area contributed by atoms with Gasteiger partial charge in [0.25, 0.3) is 5.92 Å². The molecular formula is C14H17F3N2O2. The molecule has 3 N–H and O–H groups in total. The highest BCUT2D eigenvalue weighted by Gasteiger charge is 2.42. The van der Waals surface area contributed by atoms with Crippen molar-refractivity contribution in [1.82, 2.24) is 4.90 Å². The molecule has 0 aromatic heterocycles. The zero-order chi connectivity index (χ0) is 15.6. The number of nitrogens with two attached hydrogens (primary N) is 1. The molecule has 4 nitrogen and oxygen atoms in total. The van der Waals surface area contributed by atoms with Gasteiger partial charge in [-0.2, -0.15) is 0 Å². The lowest BCUT2D eigenvalue weighted by Crippen LogP contribution is -2.50. The van der Waals surface area contributed by atoms with Crippen molar-refractivity contribution in [2.45, 2.75) is 18.8 Å². The van der Waals surface area contributed by atoms with Crippen molar-refractivity contribution in [2.24, 2.45) is 11.7 Å². The summed E-state index contributed by atoms with van der Waals surface area (Å²) in [4.78, 5) is 11.7. The summed E-state index contributed by atoms with van der Waals surface area (Å²) in [6.07, 6.45) is -1.48. The number of carboxylic acid groups (broad SMARTS) is 1. The van der Waals surface area contributed by atoms with Gasteiger partial charge in [-0.3, -0.25) is 0 Å². The van der Waals surface area contributed by atoms with Gasteiger partial charge in [-0.1, -0.05) is 18.2 Å². The summed E-state index contributed by atoms with van der Waals surface area (Å²) in [6, 6.07) is 3.90. The van der Waals surface area contributed by atoms with Crippen molar-refractivity contribution < 1.29 is 23.1 Å². The average Bonchev–Trinajstić information content (AvgIpc) is 2.35. The lowest BCUT2D eigenvalue weighted by atomic mass is 9.89. The van der Waals surface area contributed by atoms with E-state index in [0.29, 0.717) is 0 Å². The first kappa shape index (κ1) is 15.6. The number of hydrogen-bond acceptors (Lipinski definition) is 2. The van der Waals surface area contributed by atoms with Gasteiger partial charge in [-0.25, -0.2) is 18.0 Å². The van der Waals surface area contributed by atoms with E-state index in [-0.39, 0.29) is 31.6 Å². The van der Waals surface area contributed by atoms with Crippen LogP contribution in [-0.4, -0.2) is 35.7 Å². The van der Waals surface area contributed by atoms with Crippen LogP contribution in [0.5, 0.6) is 0 Å². The fourth-order valence-electron chi connectivity index (χ4n) is 2.54. The van der Waals surface area contributed by atoms with Crippen molar-refractivity contribution in [3.63, 3.8) is 0 Å². The fraction of sp³-hybridized carbons (Fsp3) is 0.500. The molecule has 21 heavy (non-hydrogen) atoms. The minimum absolute atomic E-state index is 0.0645. The Balaban J connectivity index is 2.09. The zero-order valence-corrected chi connectivity index (χ0v) is 11.4. The van der Waals surface area contributed by atoms with Gasteiger partial charge in [-0.15, -0.1) is 0 Å². The van der Waals surface area contributed by atoms with E-state index in [0.717, 1.165) is 11.0 Å². The maximum Gasteiger partial charge on any atom is 0.407 e. The SMILES string of the molecule is NCCc1cccc(C(F)(F)CC2CN(C(=O)O)C2)c1F. The van der Waals surface area contributed by atoms with Gasteiger partial charge in [0.2, 0.25) is 0 Å². The monoisotopic (exact) mass is 302 g/mol. The second-order valence-electron chi connectivity index (χ2n) is 5.28. The van der Waals surface area contributed by atoms with Gasteiger partial charge < -0.3 is 15.7 Å².